The molecule has 2 rings (SSSR count). The van der Waals surface area contributed by atoms with E-state index in [4.69, 9.17) is 5.73 Å². The van der Waals surface area contributed by atoms with Gasteiger partial charge in [0.15, 0.2) is 0 Å². The summed E-state index contributed by atoms with van der Waals surface area (Å²) in [5, 5.41) is 2.87. The van der Waals surface area contributed by atoms with Gasteiger partial charge < -0.3 is 11.1 Å². The van der Waals surface area contributed by atoms with Gasteiger partial charge in [0, 0.05) is 25.0 Å². The van der Waals surface area contributed by atoms with Crippen LogP contribution >= 0.6 is 0 Å². The molecule has 0 aliphatic rings. The van der Waals surface area contributed by atoms with Crippen LogP contribution in [-0.2, 0) is 13.0 Å². The lowest BCUT2D eigenvalue weighted by Gasteiger charge is -2.18. The minimum Gasteiger partial charge on any atom is -0.326 e. The van der Waals surface area contributed by atoms with Gasteiger partial charge in [-0.2, -0.15) is 0 Å². The molecule has 0 atom stereocenters. The normalized spacial score (nSPS) is 10.2. The van der Waals surface area contributed by atoms with Crippen LogP contribution in [0.25, 0.3) is 0 Å². The Hall–Kier alpha value is -2.33. The molecule has 4 nitrogen and oxygen atoms in total. The number of carbonyl (C=O) groups is 1. The number of nitrogens with zero attached hydrogens (tertiary/aromatic N) is 1. The first-order valence-electron chi connectivity index (χ1n) is 7.06. The molecular formula is C17H21N3O. The minimum atomic E-state index is -0.173. The van der Waals surface area contributed by atoms with E-state index < -0.39 is 0 Å². The van der Waals surface area contributed by atoms with E-state index in [0.717, 1.165) is 23.4 Å². The number of hydrogen-bond donors (Lipinski definition) is 2. The monoisotopic (exact) mass is 283 g/mol. The highest BCUT2D eigenvalue weighted by molar-refractivity contribution is 6.01. The van der Waals surface area contributed by atoms with E-state index in [1.165, 1.54) is 5.56 Å². The van der Waals surface area contributed by atoms with Crippen LogP contribution in [0.2, 0.25) is 0 Å². The molecule has 0 fully saturated rings. The van der Waals surface area contributed by atoms with Gasteiger partial charge in [0.25, 0.3) is 0 Å². The molecule has 0 heterocycles. The number of benzene rings is 2. The van der Waals surface area contributed by atoms with Crippen molar-refractivity contribution < 1.29 is 4.79 Å². The molecule has 3 N–H and O–H groups in total. The largest absolute Gasteiger partial charge is 0.326 e. The molecule has 0 aliphatic carbocycles. The summed E-state index contributed by atoms with van der Waals surface area (Å²) in [5.41, 5.74) is 9.46. The van der Waals surface area contributed by atoms with Gasteiger partial charge in [-0.25, -0.2) is 4.79 Å². The molecule has 2 aromatic carbocycles. The van der Waals surface area contributed by atoms with Crippen LogP contribution in [0.3, 0.4) is 0 Å². The Kier molecular flexibility index (Phi) is 4.95. The fraction of sp³-hybridized carbons (Fsp3) is 0.235. The summed E-state index contributed by atoms with van der Waals surface area (Å²) in [5.74, 6) is 0. The van der Waals surface area contributed by atoms with Gasteiger partial charge in [-0.3, -0.25) is 4.90 Å². The molecule has 2 aromatic rings. The SMILES string of the molecule is CCc1ccc(N(C)C(=O)Nc2cccc(CN)c2)cc1. The number of anilines is 2. The predicted molar refractivity (Wildman–Crippen MR) is 87.6 cm³/mol. The number of rotatable bonds is 4. The second-order valence-corrected chi connectivity index (χ2v) is 4.91. The molecule has 4 heteroatoms. The third kappa shape index (κ3) is 3.83. The Balaban J connectivity index is 2.07. The summed E-state index contributed by atoms with van der Waals surface area (Å²) in [6.45, 7) is 2.56. The van der Waals surface area contributed by atoms with Crippen molar-refractivity contribution in [1.29, 1.82) is 0 Å². The van der Waals surface area contributed by atoms with Gasteiger partial charge >= 0.3 is 6.03 Å². The maximum absolute atomic E-state index is 12.3. The van der Waals surface area contributed by atoms with Crippen LogP contribution < -0.4 is 16.0 Å². The van der Waals surface area contributed by atoms with Crippen LogP contribution in [0.4, 0.5) is 16.2 Å². The third-order valence-electron chi connectivity index (χ3n) is 3.45. The van der Waals surface area contributed by atoms with Crippen LogP contribution in [0.5, 0.6) is 0 Å². The Morgan fingerprint density at radius 2 is 1.86 bits per heavy atom. The number of urea groups is 1. The lowest BCUT2D eigenvalue weighted by molar-refractivity contribution is 0.258. The highest BCUT2D eigenvalue weighted by Crippen LogP contribution is 2.16. The highest BCUT2D eigenvalue weighted by atomic mass is 16.2. The Morgan fingerprint density at radius 3 is 2.48 bits per heavy atom. The van der Waals surface area contributed by atoms with Crippen LogP contribution in [-0.4, -0.2) is 13.1 Å². The van der Waals surface area contributed by atoms with E-state index in [1.54, 1.807) is 11.9 Å². The summed E-state index contributed by atoms with van der Waals surface area (Å²) in [6, 6.07) is 15.4. The molecule has 0 radical (unpaired) electrons. The minimum absolute atomic E-state index is 0.173. The first-order chi connectivity index (χ1) is 10.1. The van der Waals surface area contributed by atoms with Gasteiger partial charge in [0.2, 0.25) is 0 Å². The van der Waals surface area contributed by atoms with E-state index >= 15 is 0 Å². The van der Waals surface area contributed by atoms with Crippen molar-refractivity contribution in [3.05, 3.63) is 59.7 Å². The molecule has 0 bridgehead atoms. The van der Waals surface area contributed by atoms with Crippen molar-refractivity contribution in [3.63, 3.8) is 0 Å². The zero-order valence-corrected chi connectivity index (χ0v) is 12.5. The maximum Gasteiger partial charge on any atom is 0.326 e. The summed E-state index contributed by atoms with van der Waals surface area (Å²) >= 11 is 0. The van der Waals surface area contributed by atoms with E-state index in [9.17, 15) is 4.79 Å². The van der Waals surface area contributed by atoms with Crippen molar-refractivity contribution >= 4 is 17.4 Å². The van der Waals surface area contributed by atoms with Crippen molar-refractivity contribution in [1.82, 2.24) is 0 Å². The van der Waals surface area contributed by atoms with Gasteiger partial charge in [-0.1, -0.05) is 31.2 Å². The molecular weight excluding hydrogens is 262 g/mol. The fourth-order valence-corrected chi connectivity index (χ4v) is 2.06. The van der Waals surface area contributed by atoms with Gasteiger partial charge in [-0.15, -0.1) is 0 Å². The van der Waals surface area contributed by atoms with E-state index in [2.05, 4.69) is 12.2 Å². The summed E-state index contributed by atoms with van der Waals surface area (Å²) < 4.78 is 0. The van der Waals surface area contributed by atoms with Crippen molar-refractivity contribution in [2.75, 3.05) is 17.3 Å². The molecule has 0 saturated heterocycles. The lowest BCUT2D eigenvalue weighted by Crippen LogP contribution is -2.31. The van der Waals surface area contributed by atoms with Gasteiger partial charge in [0.05, 0.1) is 0 Å². The van der Waals surface area contributed by atoms with Crippen LogP contribution in [0.15, 0.2) is 48.5 Å². The van der Waals surface area contributed by atoms with Crippen molar-refractivity contribution in [2.24, 2.45) is 5.73 Å². The summed E-state index contributed by atoms with van der Waals surface area (Å²) in [6.07, 6.45) is 0.988. The number of aryl methyl sites for hydroxylation is 1. The molecule has 0 unspecified atom stereocenters. The van der Waals surface area contributed by atoms with Crippen molar-refractivity contribution in [2.45, 2.75) is 19.9 Å². The average Bonchev–Trinajstić information content (AvgIpc) is 2.54. The lowest BCUT2D eigenvalue weighted by atomic mass is 10.1. The molecule has 0 aliphatic heterocycles. The smallest absolute Gasteiger partial charge is 0.326 e. The average molecular weight is 283 g/mol. The molecule has 0 spiro atoms. The molecule has 21 heavy (non-hydrogen) atoms. The van der Waals surface area contributed by atoms with Crippen LogP contribution in [0.1, 0.15) is 18.1 Å². The standard InChI is InChI=1S/C17H21N3O/c1-3-13-7-9-16(10-8-13)20(2)17(21)19-15-6-4-5-14(11-15)12-18/h4-11H,3,12,18H2,1-2H3,(H,19,21). The third-order valence-corrected chi connectivity index (χ3v) is 3.45. The summed E-state index contributed by atoms with van der Waals surface area (Å²) in [7, 11) is 1.75. The molecule has 0 aromatic heterocycles. The number of nitrogens with two attached hydrogens (primary N) is 1. The van der Waals surface area contributed by atoms with E-state index in [0.29, 0.717) is 6.54 Å². The zero-order chi connectivity index (χ0) is 15.2. The first-order valence-corrected chi connectivity index (χ1v) is 7.06. The second kappa shape index (κ2) is 6.90. The first kappa shape index (κ1) is 15.1. The van der Waals surface area contributed by atoms with E-state index in [1.807, 2.05) is 48.5 Å². The molecule has 0 saturated carbocycles. The number of hydrogen-bond acceptors (Lipinski definition) is 2. The molecule has 110 valence electrons. The quantitative estimate of drug-likeness (QED) is 0.903. The zero-order valence-electron chi connectivity index (χ0n) is 12.5. The fourth-order valence-electron chi connectivity index (χ4n) is 2.06. The summed E-state index contributed by atoms with van der Waals surface area (Å²) in [4.78, 5) is 13.8. The molecule has 2 amide bonds. The number of amides is 2. The maximum atomic E-state index is 12.3. The van der Waals surface area contributed by atoms with Crippen molar-refractivity contribution in [3.8, 4) is 0 Å². The topological polar surface area (TPSA) is 58.4 Å². The van der Waals surface area contributed by atoms with Crippen LogP contribution in [0, 0.1) is 0 Å². The Labute approximate surface area is 125 Å². The highest BCUT2D eigenvalue weighted by Gasteiger charge is 2.11. The number of nitrogens with one attached hydrogen (secondary N) is 1. The predicted octanol–water partition coefficient (Wildman–Crippen LogP) is 3.38. The number of carbonyl (C=O) groups excluding carboxylic acids is 1. The van der Waals surface area contributed by atoms with E-state index in [-0.39, 0.29) is 6.03 Å². The Morgan fingerprint density at radius 1 is 1.14 bits per heavy atom. The Bertz CT molecular complexity index is 608. The van der Waals surface area contributed by atoms with Gasteiger partial charge in [-0.05, 0) is 41.8 Å². The van der Waals surface area contributed by atoms with Gasteiger partial charge in [0.1, 0.15) is 0 Å². The second-order valence-electron chi connectivity index (χ2n) is 4.91.